The van der Waals surface area contributed by atoms with Gasteiger partial charge in [-0.05, 0) is 44.4 Å². The number of aromatic amines is 1. The number of H-pyrrole nitrogens is 1. The summed E-state index contributed by atoms with van der Waals surface area (Å²) in [6, 6.07) is 17.0. The van der Waals surface area contributed by atoms with Crippen molar-refractivity contribution in [2.24, 2.45) is 0 Å². The van der Waals surface area contributed by atoms with Crippen LogP contribution < -0.4 is 4.90 Å². The monoisotopic (exact) mass is 391 g/mol. The summed E-state index contributed by atoms with van der Waals surface area (Å²) in [6.07, 6.45) is 2.81. The predicted octanol–water partition coefficient (Wildman–Crippen LogP) is 4.82. The van der Waals surface area contributed by atoms with Crippen molar-refractivity contribution in [3.63, 3.8) is 0 Å². The average Bonchev–Trinajstić information content (AvgIpc) is 3.11. The van der Waals surface area contributed by atoms with Crippen LogP contribution in [0.5, 0.6) is 0 Å². The van der Waals surface area contributed by atoms with Gasteiger partial charge in [-0.3, -0.25) is 0 Å². The Bertz CT molecular complexity index is 980. The highest BCUT2D eigenvalue weighted by atomic mass is 16.6. The van der Waals surface area contributed by atoms with Crippen molar-refractivity contribution >= 4 is 22.7 Å². The number of benzene rings is 2. The summed E-state index contributed by atoms with van der Waals surface area (Å²) in [4.78, 5) is 20.0. The summed E-state index contributed by atoms with van der Waals surface area (Å²) in [5.41, 5.74) is 4.53. The first-order valence-electron chi connectivity index (χ1n) is 10.3. The molecule has 1 fully saturated rings. The number of fused-ring (bicyclic) bond motifs is 1. The summed E-state index contributed by atoms with van der Waals surface area (Å²) in [5.74, 6) is 0. The highest BCUT2D eigenvalue weighted by Gasteiger charge is 2.26. The number of ether oxygens (including phenoxy) is 1. The number of piperazine rings is 1. The molecule has 2 aromatic carbocycles. The van der Waals surface area contributed by atoms with Gasteiger partial charge >= 0.3 is 6.09 Å². The van der Waals surface area contributed by atoms with E-state index < -0.39 is 5.60 Å². The van der Waals surface area contributed by atoms with E-state index in [1.807, 2.05) is 26.8 Å². The molecule has 0 spiro atoms. The Kier molecular flexibility index (Phi) is 5.22. The lowest BCUT2D eigenvalue weighted by Crippen LogP contribution is -2.50. The van der Waals surface area contributed by atoms with Crippen LogP contribution in [-0.2, 0) is 11.2 Å². The van der Waals surface area contributed by atoms with Crippen LogP contribution in [0.2, 0.25) is 0 Å². The number of hydrogen-bond acceptors (Lipinski definition) is 3. The van der Waals surface area contributed by atoms with Crippen LogP contribution in [0.3, 0.4) is 0 Å². The quantitative estimate of drug-likeness (QED) is 0.697. The van der Waals surface area contributed by atoms with E-state index in [0.29, 0.717) is 13.1 Å². The van der Waals surface area contributed by atoms with Crippen LogP contribution in [0.4, 0.5) is 10.5 Å². The van der Waals surface area contributed by atoms with Gasteiger partial charge in [0.2, 0.25) is 0 Å². The van der Waals surface area contributed by atoms with Gasteiger partial charge in [-0.25, -0.2) is 4.79 Å². The van der Waals surface area contributed by atoms with Crippen molar-refractivity contribution in [1.29, 1.82) is 0 Å². The number of aromatic nitrogens is 1. The standard InChI is InChI=1S/C24H29N3O2/c1-24(2,3)29-23(28)27-14-12-26(13-15-27)21-11-7-10-20-19(17-25-22(20)21)16-18-8-5-4-6-9-18/h4-11,17,25H,12-16H2,1-3H3. The number of carbonyl (C=O) groups is 1. The van der Waals surface area contributed by atoms with Gasteiger partial charge in [0.1, 0.15) is 5.60 Å². The largest absolute Gasteiger partial charge is 0.444 e. The topological polar surface area (TPSA) is 48.6 Å². The zero-order valence-electron chi connectivity index (χ0n) is 17.4. The van der Waals surface area contributed by atoms with Gasteiger partial charge in [-0.1, -0.05) is 42.5 Å². The molecule has 0 aliphatic carbocycles. The molecule has 3 aromatic rings. The molecule has 152 valence electrons. The minimum atomic E-state index is -0.459. The second-order valence-corrected chi connectivity index (χ2v) is 8.63. The van der Waals surface area contributed by atoms with Crippen molar-refractivity contribution < 1.29 is 9.53 Å². The summed E-state index contributed by atoms with van der Waals surface area (Å²) in [5, 5.41) is 1.26. The number of rotatable bonds is 3. The van der Waals surface area contributed by atoms with E-state index in [2.05, 4.69) is 58.5 Å². The molecular weight excluding hydrogens is 362 g/mol. The van der Waals surface area contributed by atoms with Crippen molar-refractivity contribution in [2.45, 2.75) is 32.8 Å². The van der Waals surface area contributed by atoms with Crippen LogP contribution in [0.15, 0.2) is 54.7 Å². The number of nitrogens with one attached hydrogen (secondary N) is 1. The lowest BCUT2D eigenvalue weighted by atomic mass is 10.0. The van der Waals surface area contributed by atoms with Gasteiger partial charge in [0.25, 0.3) is 0 Å². The lowest BCUT2D eigenvalue weighted by molar-refractivity contribution is 0.0240. The fourth-order valence-corrected chi connectivity index (χ4v) is 3.88. The van der Waals surface area contributed by atoms with E-state index >= 15 is 0 Å². The maximum atomic E-state index is 12.3. The van der Waals surface area contributed by atoms with Gasteiger partial charge in [-0.2, -0.15) is 0 Å². The molecule has 0 unspecified atom stereocenters. The van der Waals surface area contributed by atoms with Gasteiger partial charge in [0.05, 0.1) is 11.2 Å². The SMILES string of the molecule is CC(C)(C)OC(=O)N1CCN(c2cccc3c(Cc4ccccc4)c[nH]c23)CC1. The summed E-state index contributed by atoms with van der Waals surface area (Å²) >= 11 is 0. The Morgan fingerprint density at radius 1 is 1.00 bits per heavy atom. The van der Waals surface area contributed by atoms with Crippen LogP contribution in [0, 0.1) is 0 Å². The zero-order valence-corrected chi connectivity index (χ0v) is 17.4. The van der Waals surface area contributed by atoms with E-state index in [9.17, 15) is 4.79 Å². The van der Waals surface area contributed by atoms with E-state index in [1.54, 1.807) is 4.90 Å². The van der Waals surface area contributed by atoms with E-state index in [1.165, 1.54) is 27.7 Å². The molecule has 0 saturated carbocycles. The van der Waals surface area contributed by atoms with Crippen molar-refractivity contribution in [3.05, 3.63) is 65.9 Å². The first-order chi connectivity index (χ1) is 13.9. The van der Waals surface area contributed by atoms with E-state index in [4.69, 9.17) is 4.74 Å². The highest BCUT2D eigenvalue weighted by molar-refractivity contribution is 5.94. The third-order valence-corrected chi connectivity index (χ3v) is 5.29. The minimum Gasteiger partial charge on any atom is -0.444 e. The van der Waals surface area contributed by atoms with E-state index in [-0.39, 0.29) is 6.09 Å². The average molecular weight is 392 g/mol. The molecule has 29 heavy (non-hydrogen) atoms. The molecule has 1 aliphatic heterocycles. The number of amides is 1. The molecule has 0 atom stereocenters. The summed E-state index contributed by atoms with van der Waals surface area (Å²) in [7, 11) is 0. The van der Waals surface area contributed by atoms with Gasteiger partial charge in [0, 0.05) is 37.8 Å². The van der Waals surface area contributed by atoms with E-state index in [0.717, 1.165) is 19.5 Å². The Morgan fingerprint density at radius 3 is 2.41 bits per heavy atom. The fraction of sp³-hybridized carbons (Fsp3) is 0.375. The van der Waals surface area contributed by atoms with Crippen LogP contribution >= 0.6 is 0 Å². The van der Waals surface area contributed by atoms with Crippen LogP contribution in [0.1, 0.15) is 31.9 Å². The first-order valence-corrected chi connectivity index (χ1v) is 10.3. The normalized spacial score (nSPS) is 15.0. The molecule has 5 nitrogen and oxygen atoms in total. The lowest BCUT2D eigenvalue weighted by Gasteiger charge is -2.37. The molecule has 5 heteroatoms. The third-order valence-electron chi connectivity index (χ3n) is 5.29. The fourth-order valence-electron chi connectivity index (χ4n) is 3.88. The molecule has 1 N–H and O–H groups in total. The highest BCUT2D eigenvalue weighted by Crippen LogP contribution is 2.30. The van der Waals surface area contributed by atoms with Crippen molar-refractivity contribution in [3.8, 4) is 0 Å². The Balaban J connectivity index is 1.49. The summed E-state index contributed by atoms with van der Waals surface area (Å²) in [6.45, 7) is 8.64. The van der Waals surface area contributed by atoms with Gasteiger partial charge in [0.15, 0.2) is 0 Å². The number of hydrogen-bond donors (Lipinski definition) is 1. The van der Waals surface area contributed by atoms with Crippen molar-refractivity contribution in [2.75, 3.05) is 31.1 Å². The first kappa shape index (κ1) is 19.4. The number of nitrogens with zero attached hydrogens (tertiary/aromatic N) is 2. The maximum absolute atomic E-state index is 12.3. The number of para-hydroxylation sites is 1. The third kappa shape index (κ3) is 4.39. The Labute approximate surface area is 172 Å². The molecular formula is C24H29N3O2. The minimum absolute atomic E-state index is 0.222. The summed E-state index contributed by atoms with van der Waals surface area (Å²) < 4.78 is 5.51. The molecule has 0 radical (unpaired) electrons. The molecule has 0 bridgehead atoms. The Hall–Kier alpha value is -2.95. The number of anilines is 1. The second kappa shape index (κ2) is 7.82. The molecule has 1 saturated heterocycles. The van der Waals surface area contributed by atoms with Crippen LogP contribution in [0.25, 0.3) is 10.9 Å². The molecule has 4 rings (SSSR count). The second-order valence-electron chi connectivity index (χ2n) is 8.63. The maximum Gasteiger partial charge on any atom is 0.410 e. The smallest absolute Gasteiger partial charge is 0.410 e. The van der Waals surface area contributed by atoms with Crippen molar-refractivity contribution in [1.82, 2.24) is 9.88 Å². The zero-order chi connectivity index (χ0) is 20.4. The molecule has 1 amide bonds. The molecule has 2 heterocycles. The van der Waals surface area contributed by atoms with Gasteiger partial charge in [-0.15, -0.1) is 0 Å². The Morgan fingerprint density at radius 2 is 1.72 bits per heavy atom. The van der Waals surface area contributed by atoms with Gasteiger partial charge < -0.3 is 19.5 Å². The van der Waals surface area contributed by atoms with Crippen LogP contribution in [-0.4, -0.2) is 47.8 Å². The molecule has 1 aromatic heterocycles. The molecule has 1 aliphatic rings. The number of carbonyl (C=O) groups excluding carboxylic acids is 1. The predicted molar refractivity (Wildman–Crippen MR) is 118 cm³/mol.